The first-order chi connectivity index (χ1) is 17.4. The SMILES string of the molecule is COCCn1c(NC(=O)c2ccc(-n3nc(C)cc3C)nc2)c(NCc2ccccc2)c(=O)[nH]c1=O. The van der Waals surface area contributed by atoms with Crippen LogP contribution in [-0.2, 0) is 17.8 Å². The molecular formula is C25H27N7O4. The number of pyridine rings is 1. The quantitative estimate of drug-likeness (QED) is 0.328. The summed E-state index contributed by atoms with van der Waals surface area (Å²) in [6.45, 7) is 4.44. The zero-order chi connectivity index (χ0) is 25.7. The van der Waals surface area contributed by atoms with Crippen LogP contribution in [0.25, 0.3) is 5.82 Å². The molecule has 0 aliphatic heterocycles. The number of amides is 1. The summed E-state index contributed by atoms with van der Waals surface area (Å²) in [4.78, 5) is 45.1. The first-order valence-electron chi connectivity index (χ1n) is 11.3. The average molecular weight is 490 g/mol. The van der Waals surface area contributed by atoms with Gasteiger partial charge in [-0.25, -0.2) is 14.5 Å². The average Bonchev–Trinajstić information content (AvgIpc) is 3.21. The molecule has 186 valence electrons. The van der Waals surface area contributed by atoms with E-state index in [2.05, 4.69) is 25.7 Å². The van der Waals surface area contributed by atoms with E-state index in [0.29, 0.717) is 12.4 Å². The van der Waals surface area contributed by atoms with Gasteiger partial charge in [0.05, 0.1) is 24.4 Å². The molecule has 3 heterocycles. The van der Waals surface area contributed by atoms with E-state index in [4.69, 9.17) is 4.74 Å². The number of carbonyl (C=O) groups is 1. The van der Waals surface area contributed by atoms with E-state index in [0.717, 1.165) is 17.0 Å². The van der Waals surface area contributed by atoms with Gasteiger partial charge in [-0.3, -0.25) is 19.1 Å². The van der Waals surface area contributed by atoms with Crippen molar-refractivity contribution in [2.45, 2.75) is 26.9 Å². The number of benzene rings is 1. The highest BCUT2D eigenvalue weighted by molar-refractivity contribution is 6.05. The first kappa shape index (κ1) is 24.6. The fraction of sp³-hybridized carbons (Fsp3) is 0.240. The molecule has 3 aromatic heterocycles. The molecule has 0 atom stereocenters. The predicted octanol–water partition coefficient (Wildman–Crippen LogP) is 2.24. The highest BCUT2D eigenvalue weighted by atomic mass is 16.5. The van der Waals surface area contributed by atoms with Crippen LogP contribution in [0.2, 0.25) is 0 Å². The standard InChI is InChI=1S/C25H27N7O4/c1-16-13-17(2)32(30-16)20-10-9-19(15-26-20)23(33)28-22-21(27-14-18-7-5-4-6-8-18)24(34)29-25(35)31(22)11-12-36-3/h4-10,13,15,27H,11-12,14H2,1-3H3,(H,28,33)(H,29,34,35). The maximum atomic E-state index is 13.1. The molecule has 11 nitrogen and oxygen atoms in total. The zero-order valence-electron chi connectivity index (χ0n) is 20.2. The number of methoxy groups -OCH3 is 1. The monoisotopic (exact) mass is 489 g/mol. The molecule has 1 aromatic carbocycles. The number of hydrogen-bond acceptors (Lipinski definition) is 7. The molecule has 0 spiro atoms. The third-order valence-electron chi connectivity index (χ3n) is 5.50. The number of anilines is 2. The van der Waals surface area contributed by atoms with Crippen LogP contribution < -0.4 is 21.9 Å². The zero-order valence-corrected chi connectivity index (χ0v) is 20.2. The summed E-state index contributed by atoms with van der Waals surface area (Å²) < 4.78 is 8.05. The Morgan fingerprint density at radius 3 is 2.53 bits per heavy atom. The van der Waals surface area contributed by atoms with Gasteiger partial charge in [-0.05, 0) is 37.6 Å². The Balaban J connectivity index is 1.65. The maximum Gasteiger partial charge on any atom is 0.330 e. The van der Waals surface area contributed by atoms with Crippen molar-refractivity contribution in [2.24, 2.45) is 0 Å². The second kappa shape index (κ2) is 10.8. The molecule has 0 saturated carbocycles. The number of rotatable bonds is 9. The number of H-pyrrole nitrogens is 1. The lowest BCUT2D eigenvalue weighted by molar-refractivity contribution is 0.102. The fourth-order valence-electron chi connectivity index (χ4n) is 3.73. The molecule has 3 N–H and O–H groups in total. The van der Waals surface area contributed by atoms with Crippen LogP contribution in [0.1, 0.15) is 27.3 Å². The molecule has 36 heavy (non-hydrogen) atoms. The number of hydrogen-bond donors (Lipinski definition) is 3. The van der Waals surface area contributed by atoms with Gasteiger partial charge in [0.15, 0.2) is 5.82 Å². The number of aromatic nitrogens is 5. The molecule has 0 fully saturated rings. The van der Waals surface area contributed by atoms with Gasteiger partial charge in [0, 0.05) is 25.5 Å². The second-order valence-corrected chi connectivity index (χ2v) is 8.16. The van der Waals surface area contributed by atoms with Crippen molar-refractivity contribution in [2.75, 3.05) is 24.4 Å². The molecule has 0 aliphatic carbocycles. The number of aryl methyl sites for hydroxylation is 2. The summed E-state index contributed by atoms with van der Waals surface area (Å²) in [6.07, 6.45) is 1.42. The molecule has 0 saturated heterocycles. The Kier molecular flexibility index (Phi) is 7.40. The fourth-order valence-corrected chi connectivity index (χ4v) is 3.73. The molecule has 0 unspecified atom stereocenters. The Morgan fingerprint density at radius 2 is 1.89 bits per heavy atom. The smallest absolute Gasteiger partial charge is 0.330 e. The number of aromatic amines is 1. The van der Waals surface area contributed by atoms with Gasteiger partial charge in [0.25, 0.3) is 11.5 Å². The van der Waals surface area contributed by atoms with Crippen molar-refractivity contribution in [3.05, 3.63) is 98.1 Å². The van der Waals surface area contributed by atoms with Crippen LogP contribution in [-0.4, -0.2) is 43.9 Å². The summed E-state index contributed by atoms with van der Waals surface area (Å²) in [5.74, 6) is 0.0845. The largest absolute Gasteiger partial charge is 0.383 e. The van der Waals surface area contributed by atoms with Gasteiger partial charge >= 0.3 is 5.69 Å². The van der Waals surface area contributed by atoms with Crippen LogP contribution in [0.15, 0.2) is 64.3 Å². The molecule has 0 aliphatic rings. The predicted molar refractivity (Wildman–Crippen MR) is 136 cm³/mol. The lowest BCUT2D eigenvalue weighted by Crippen LogP contribution is -2.36. The number of ether oxygens (including phenoxy) is 1. The minimum atomic E-state index is -0.657. The van der Waals surface area contributed by atoms with Crippen molar-refractivity contribution in [3.8, 4) is 5.82 Å². The number of nitrogens with one attached hydrogen (secondary N) is 3. The van der Waals surface area contributed by atoms with Gasteiger partial charge in [-0.2, -0.15) is 5.10 Å². The third-order valence-corrected chi connectivity index (χ3v) is 5.50. The van der Waals surface area contributed by atoms with Crippen molar-refractivity contribution in [3.63, 3.8) is 0 Å². The van der Waals surface area contributed by atoms with E-state index < -0.39 is 17.2 Å². The van der Waals surface area contributed by atoms with Crippen molar-refractivity contribution in [1.82, 2.24) is 24.3 Å². The molecule has 0 radical (unpaired) electrons. The van der Waals surface area contributed by atoms with E-state index in [9.17, 15) is 14.4 Å². The van der Waals surface area contributed by atoms with Crippen molar-refractivity contribution in [1.29, 1.82) is 0 Å². The summed E-state index contributed by atoms with van der Waals surface area (Å²) >= 11 is 0. The van der Waals surface area contributed by atoms with Crippen molar-refractivity contribution < 1.29 is 9.53 Å². The summed E-state index contributed by atoms with van der Waals surface area (Å²) in [7, 11) is 1.50. The van der Waals surface area contributed by atoms with E-state index in [1.54, 1.807) is 16.8 Å². The van der Waals surface area contributed by atoms with Gasteiger partial charge in [0.2, 0.25) is 0 Å². The first-order valence-corrected chi connectivity index (χ1v) is 11.3. The molecular weight excluding hydrogens is 462 g/mol. The van der Waals surface area contributed by atoms with Crippen LogP contribution in [0.3, 0.4) is 0 Å². The van der Waals surface area contributed by atoms with Crippen LogP contribution >= 0.6 is 0 Å². The third kappa shape index (κ3) is 5.41. The lowest BCUT2D eigenvalue weighted by Gasteiger charge is -2.18. The molecule has 4 rings (SSSR count). The molecule has 4 aromatic rings. The minimum absolute atomic E-state index is 0.0457. The van der Waals surface area contributed by atoms with E-state index in [1.165, 1.54) is 17.9 Å². The lowest BCUT2D eigenvalue weighted by atomic mass is 10.2. The van der Waals surface area contributed by atoms with E-state index in [1.807, 2.05) is 50.2 Å². The highest BCUT2D eigenvalue weighted by Gasteiger charge is 2.19. The van der Waals surface area contributed by atoms with Gasteiger partial charge in [-0.15, -0.1) is 0 Å². The topological polar surface area (TPSA) is 136 Å². The Bertz CT molecular complexity index is 1470. The highest BCUT2D eigenvalue weighted by Crippen LogP contribution is 2.18. The van der Waals surface area contributed by atoms with E-state index in [-0.39, 0.29) is 30.2 Å². The molecule has 0 bridgehead atoms. The van der Waals surface area contributed by atoms with Crippen molar-refractivity contribution >= 4 is 17.4 Å². The van der Waals surface area contributed by atoms with Gasteiger partial charge < -0.3 is 15.4 Å². The number of nitrogens with zero attached hydrogens (tertiary/aromatic N) is 4. The minimum Gasteiger partial charge on any atom is -0.383 e. The molecule has 11 heteroatoms. The molecule has 1 amide bonds. The maximum absolute atomic E-state index is 13.1. The Hall–Kier alpha value is -4.51. The van der Waals surface area contributed by atoms with Gasteiger partial charge in [-0.1, -0.05) is 30.3 Å². The normalized spacial score (nSPS) is 10.9. The Labute approximate surface area is 206 Å². The summed E-state index contributed by atoms with van der Waals surface area (Å²) in [6, 6.07) is 14.7. The summed E-state index contributed by atoms with van der Waals surface area (Å²) in [5, 5.41) is 10.2. The Morgan fingerprint density at radius 1 is 1.11 bits per heavy atom. The summed E-state index contributed by atoms with van der Waals surface area (Å²) in [5.41, 5.74) is 1.71. The van der Waals surface area contributed by atoms with Gasteiger partial charge in [0.1, 0.15) is 11.5 Å². The van der Waals surface area contributed by atoms with Crippen LogP contribution in [0.4, 0.5) is 11.5 Å². The second-order valence-electron chi connectivity index (χ2n) is 8.16. The van der Waals surface area contributed by atoms with Crippen LogP contribution in [0.5, 0.6) is 0 Å². The van der Waals surface area contributed by atoms with Crippen LogP contribution in [0, 0.1) is 13.8 Å². The van der Waals surface area contributed by atoms with E-state index >= 15 is 0 Å². The number of carbonyl (C=O) groups excluding carboxylic acids is 1.